The highest BCUT2D eigenvalue weighted by Crippen LogP contribution is 2.19. The molecule has 0 fully saturated rings. The lowest BCUT2D eigenvalue weighted by molar-refractivity contribution is 0.441. The Bertz CT molecular complexity index is 581. The average Bonchev–Trinajstić information content (AvgIpc) is 2.73. The molecule has 2 aromatic rings. The molecule has 0 aliphatic rings. The van der Waals surface area contributed by atoms with Crippen molar-refractivity contribution in [1.82, 2.24) is 15.1 Å². The maximum Gasteiger partial charge on any atom is 0.0628 e. The fourth-order valence-corrected chi connectivity index (χ4v) is 2.93. The third-order valence-corrected chi connectivity index (χ3v) is 4.17. The van der Waals surface area contributed by atoms with Crippen molar-refractivity contribution >= 4 is 0 Å². The lowest BCUT2D eigenvalue weighted by Gasteiger charge is -2.19. The second kappa shape index (κ2) is 6.90. The van der Waals surface area contributed by atoms with E-state index in [9.17, 15) is 0 Å². The summed E-state index contributed by atoms with van der Waals surface area (Å²) in [5.41, 5.74) is 6.47. The first-order valence-corrected chi connectivity index (χ1v) is 7.89. The highest BCUT2D eigenvalue weighted by Gasteiger charge is 2.15. The quantitative estimate of drug-likeness (QED) is 0.876. The molecule has 0 saturated heterocycles. The number of hydrogen-bond acceptors (Lipinski definition) is 2. The molecule has 1 unspecified atom stereocenters. The van der Waals surface area contributed by atoms with Gasteiger partial charge in [-0.2, -0.15) is 5.10 Å². The van der Waals surface area contributed by atoms with Crippen LogP contribution in [0.1, 0.15) is 48.0 Å². The van der Waals surface area contributed by atoms with Gasteiger partial charge in [-0.05, 0) is 44.9 Å². The Kier molecular flexibility index (Phi) is 5.18. The minimum atomic E-state index is 0.304. The van der Waals surface area contributed by atoms with Crippen LogP contribution in [-0.4, -0.2) is 16.3 Å². The van der Waals surface area contributed by atoms with Gasteiger partial charge in [-0.1, -0.05) is 43.7 Å². The fraction of sp³-hybridized carbons (Fsp3) is 0.500. The Morgan fingerprint density at radius 2 is 1.76 bits per heavy atom. The van der Waals surface area contributed by atoms with Crippen molar-refractivity contribution in [2.24, 2.45) is 0 Å². The SMILES string of the molecule is CCNC(Cn1nc(C)c(CC)c1C)c1ccc(C)cc1. The molecule has 1 aromatic carbocycles. The van der Waals surface area contributed by atoms with Crippen molar-refractivity contribution in [2.45, 2.75) is 53.6 Å². The molecule has 1 N–H and O–H groups in total. The predicted octanol–water partition coefficient (Wildman–Crippen LogP) is 3.72. The van der Waals surface area contributed by atoms with E-state index in [0.29, 0.717) is 6.04 Å². The zero-order chi connectivity index (χ0) is 15.4. The van der Waals surface area contributed by atoms with Gasteiger partial charge in [0.1, 0.15) is 0 Å². The van der Waals surface area contributed by atoms with Crippen molar-refractivity contribution in [1.29, 1.82) is 0 Å². The second-order valence-electron chi connectivity index (χ2n) is 5.71. The maximum atomic E-state index is 4.72. The van der Waals surface area contributed by atoms with Crippen molar-refractivity contribution < 1.29 is 0 Å². The Hall–Kier alpha value is -1.61. The predicted molar refractivity (Wildman–Crippen MR) is 88.7 cm³/mol. The Morgan fingerprint density at radius 3 is 2.29 bits per heavy atom. The molecule has 0 radical (unpaired) electrons. The number of benzene rings is 1. The number of aryl methyl sites for hydroxylation is 2. The molecule has 0 bridgehead atoms. The monoisotopic (exact) mass is 285 g/mol. The molecule has 114 valence electrons. The van der Waals surface area contributed by atoms with Crippen LogP contribution >= 0.6 is 0 Å². The van der Waals surface area contributed by atoms with E-state index < -0.39 is 0 Å². The molecule has 0 aliphatic heterocycles. The van der Waals surface area contributed by atoms with Gasteiger partial charge < -0.3 is 5.32 Å². The van der Waals surface area contributed by atoms with E-state index in [-0.39, 0.29) is 0 Å². The first kappa shape index (κ1) is 15.8. The van der Waals surface area contributed by atoms with Crippen molar-refractivity contribution in [3.8, 4) is 0 Å². The zero-order valence-corrected chi connectivity index (χ0v) is 13.9. The summed E-state index contributed by atoms with van der Waals surface area (Å²) >= 11 is 0. The molecule has 3 nitrogen and oxygen atoms in total. The van der Waals surface area contributed by atoms with E-state index in [4.69, 9.17) is 5.10 Å². The van der Waals surface area contributed by atoms with Crippen molar-refractivity contribution in [3.63, 3.8) is 0 Å². The summed E-state index contributed by atoms with van der Waals surface area (Å²) in [6.07, 6.45) is 1.05. The van der Waals surface area contributed by atoms with Gasteiger partial charge in [-0.3, -0.25) is 4.68 Å². The summed E-state index contributed by atoms with van der Waals surface area (Å²) in [7, 11) is 0. The number of aromatic nitrogens is 2. The Labute approximate surface area is 128 Å². The third kappa shape index (κ3) is 3.53. The van der Waals surface area contributed by atoms with Crippen LogP contribution in [0.4, 0.5) is 0 Å². The standard InChI is InChI=1S/C18H27N3/c1-6-17-14(4)20-21(15(17)5)12-18(19-7-2)16-10-8-13(3)9-11-16/h8-11,18-19H,6-7,12H2,1-5H3. The summed E-state index contributed by atoms with van der Waals surface area (Å²) in [6.45, 7) is 12.6. The molecular weight excluding hydrogens is 258 g/mol. The largest absolute Gasteiger partial charge is 0.309 e. The number of likely N-dealkylation sites (N-methyl/N-ethyl adjacent to an activating group) is 1. The Morgan fingerprint density at radius 1 is 1.10 bits per heavy atom. The molecule has 0 aliphatic carbocycles. The molecule has 1 atom stereocenters. The summed E-state index contributed by atoms with van der Waals surface area (Å²) in [5, 5.41) is 8.30. The molecule has 0 amide bonds. The normalized spacial score (nSPS) is 12.6. The first-order chi connectivity index (χ1) is 10.1. The summed E-state index contributed by atoms with van der Waals surface area (Å²) in [5.74, 6) is 0. The van der Waals surface area contributed by atoms with Gasteiger partial charge in [0.2, 0.25) is 0 Å². The minimum absolute atomic E-state index is 0.304. The molecule has 1 heterocycles. The lowest BCUT2D eigenvalue weighted by Crippen LogP contribution is -2.26. The molecule has 2 rings (SSSR count). The van der Waals surface area contributed by atoms with Crippen LogP contribution in [0.25, 0.3) is 0 Å². The van der Waals surface area contributed by atoms with Crippen LogP contribution < -0.4 is 5.32 Å². The minimum Gasteiger partial charge on any atom is -0.309 e. The van der Waals surface area contributed by atoms with E-state index >= 15 is 0 Å². The van der Waals surface area contributed by atoms with Crippen molar-refractivity contribution in [3.05, 3.63) is 52.3 Å². The highest BCUT2D eigenvalue weighted by molar-refractivity contribution is 5.26. The van der Waals surface area contributed by atoms with E-state index in [1.54, 1.807) is 0 Å². The van der Waals surface area contributed by atoms with E-state index in [1.807, 2.05) is 0 Å². The lowest BCUT2D eigenvalue weighted by atomic mass is 10.0. The fourth-order valence-electron chi connectivity index (χ4n) is 2.93. The van der Waals surface area contributed by atoms with Crippen LogP contribution in [0.2, 0.25) is 0 Å². The summed E-state index contributed by atoms with van der Waals surface area (Å²) in [4.78, 5) is 0. The average molecular weight is 285 g/mol. The Balaban J connectivity index is 2.26. The topological polar surface area (TPSA) is 29.9 Å². The highest BCUT2D eigenvalue weighted by atomic mass is 15.3. The maximum absolute atomic E-state index is 4.72. The molecule has 0 spiro atoms. The van der Waals surface area contributed by atoms with Gasteiger partial charge in [0.25, 0.3) is 0 Å². The van der Waals surface area contributed by atoms with Crippen LogP contribution in [0.5, 0.6) is 0 Å². The van der Waals surface area contributed by atoms with Gasteiger partial charge in [0, 0.05) is 5.69 Å². The molecule has 21 heavy (non-hydrogen) atoms. The van der Waals surface area contributed by atoms with E-state index in [1.165, 1.54) is 22.4 Å². The van der Waals surface area contributed by atoms with Crippen molar-refractivity contribution in [2.75, 3.05) is 6.54 Å². The smallest absolute Gasteiger partial charge is 0.0628 e. The summed E-state index contributed by atoms with van der Waals surface area (Å²) in [6, 6.07) is 9.10. The third-order valence-electron chi connectivity index (χ3n) is 4.17. The number of hydrogen-bond donors (Lipinski definition) is 1. The van der Waals surface area contributed by atoms with Gasteiger partial charge >= 0.3 is 0 Å². The van der Waals surface area contributed by atoms with Gasteiger partial charge in [0.15, 0.2) is 0 Å². The van der Waals surface area contributed by atoms with Crippen LogP contribution in [0.3, 0.4) is 0 Å². The number of nitrogens with one attached hydrogen (secondary N) is 1. The molecule has 3 heteroatoms. The second-order valence-corrected chi connectivity index (χ2v) is 5.71. The molecule has 1 aromatic heterocycles. The van der Waals surface area contributed by atoms with Crippen LogP contribution in [0, 0.1) is 20.8 Å². The number of rotatable bonds is 6. The first-order valence-electron chi connectivity index (χ1n) is 7.89. The van der Waals surface area contributed by atoms with Gasteiger partial charge in [0.05, 0.1) is 18.3 Å². The van der Waals surface area contributed by atoms with E-state index in [2.05, 4.69) is 68.9 Å². The molecule has 0 saturated carbocycles. The van der Waals surface area contributed by atoms with Gasteiger partial charge in [-0.15, -0.1) is 0 Å². The number of nitrogens with zero attached hydrogens (tertiary/aromatic N) is 2. The van der Waals surface area contributed by atoms with E-state index in [0.717, 1.165) is 25.2 Å². The molecular formula is C18H27N3. The summed E-state index contributed by atoms with van der Waals surface area (Å²) < 4.78 is 2.15. The van der Waals surface area contributed by atoms with Crippen LogP contribution in [0.15, 0.2) is 24.3 Å². The zero-order valence-electron chi connectivity index (χ0n) is 13.9. The van der Waals surface area contributed by atoms with Gasteiger partial charge in [-0.25, -0.2) is 0 Å². The van der Waals surface area contributed by atoms with Crippen LogP contribution in [-0.2, 0) is 13.0 Å².